The molecule has 0 amide bonds. The highest BCUT2D eigenvalue weighted by atomic mass is 14.9. The van der Waals surface area contributed by atoms with Crippen LogP contribution in [0.1, 0.15) is 19.4 Å². The third-order valence-electron chi connectivity index (χ3n) is 1.60. The van der Waals surface area contributed by atoms with E-state index in [1.807, 2.05) is 12.3 Å². The first kappa shape index (κ1) is 9.20. The molecule has 12 heavy (non-hydrogen) atoms. The molecule has 2 nitrogen and oxygen atoms in total. The molecule has 0 unspecified atom stereocenters. The molecular formula is C10H16N2. The molecule has 1 aromatic rings. The molecule has 0 bridgehead atoms. The number of pyridine rings is 1. The average molecular weight is 164 g/mol. The summed E-state index contributed by atoms with van der Waals surface area (Å²) in [5.74, 6) is 0.710. The molecule has 66 valence electrons. The normalized spacial score (nSPS) is 10.6. The second-order valence-electron chi connectivity index (χ2n) is 3.39. The smallest absolute Gasteiger partial charge is 0.0312 e. The van der Waals surface area contributed by atoms with Gasteiger partial charge in [0.1, 0.15) is 0 Å². The van der Waals surface area contributed by atoms with Gasteiger partial charge in [-0.3, -0.25) is 4.98 Å². The van der Waals surface area contributed by atoms with Gasteiger partial charge in [-0.05, 0) is 24.1 Å². The zero-order valence-corrected chi connectivity index (χ0v) is 7.75. The second-order valence-corrected chi connectivity index (χ2v) is 3.39. The molecule has 1 heterocycles. The molecule has 0 fully saturated rings. The molecule has 0 saturated carbocycles. The molecular weight excluding hydrogens is 148 g/mol. The first-order valence-corrected chi connectivity index (χ1v) is 4.38. The third kappa shape index (κ3) is 3.49. The summed E-state index contributed by atoms with van der Waals surface area (Å²) < 4.78 is 0. The molecule has 0 saturated heterocycles. The lowest BCUT2D eigenvalue weighted by Crippen LogP contribution is -2.18. The lowest BCUT2D eigenvalue weighted by Gasteiger charge is -2.06. The van der Waals surface area contributed by atoms with Crippen LogP contribution in [-0.4, -0.2) is 11.5 Å². The first-order valence-electron chi connectivity index (χ1n) is 4.38. The largest absolute Gasteiger partial charge is 0.312 e. The number of rotatable bonds is 4. The quantitative estimate of drug-likeness (QED) is 0.734. The van der Waals surface area contributed by atoms with Gasteiger partial charge in [-0.2, -0.15) is 0 Å². The van der Waals surface area contributed by atoms with Gasteiger partial charge in [-0.1, -0.05) is 19.9 Å². The Hall–Kier alpha value is -0.890. The molecule has 0 aliphatic rings. The zero-order chi connectivity index (χ0) is 8.81. The Morgan fingerprint density at radius 3 is 2.92 bits per heavy atom. The van der Waals surface area contributed by atoms with Crippen molar-refractivity contribution >= 4 is 0 Å². The summed E-state index contributed by atoms with van der Waals surface area (Å²) in [5.41, 5.74) is 1.25. The summed E-state index contributed by atoms with van der Waals surface area (Å²) in [6.07, 6.45) is 3.69. The fourth-order valence-electron chi connectivity index (χ4n) is 1.01. The number of hydrogen-bond acceptors (Lipinski definition) is 2. The molecule has 1 rings (SSSR count). The lowest BCUT2D eigenvalue weighted by molar-refractivity contribution is 0.552. The summed E-state index contributed by atoms with van der Waals surface area (Å²) in [5, 5.41) is 3.36. The lowest BCUT2D eigenvalue weighted by atomic mass is 10.2. The Kier molecular flexibility index (Phi) is 3.74. The van der Waals surface area contributed by atoms with E-state index in [9.17, 15) is 0 Å². The SMILES string of the molecule is CC(C)CNCc1cccnc1. The second kappa shape index (κ2) is 4.88. The molecule has 0 radical (unpaired) electrons. The number of aromatic nitrogens is 1. The van der Waals surface area contributed by atoms with Crippen molar-refractivity contribution in [1.82, 2.24) is 10.3 Å². The standard InChI is InChI=1S/C10H16N2/c1-9(2)6-12-8-10-4-3-5-11-7-10/h3-5,7,9,12H,6,8H2,1-2H3. The van der Waals surface area contributed by atoms with E-state index in [1.54, 1.807) is 6.20 Å². The van der Waals surface area contributed by atoms with Gasteiger partial charge < -0.3 is 5.32 Å². The molecule has 0 atom stereocenters. The van der Waals surface area contributed by atoms with E-state index in [0.717, 1.165) is 13.1 Å². The maximum Gasteiger partial charge on any atom is 0.0312 e. The minimum atomic E-state index is 0.710. The number of nitrogens with one attached hydrogen (secondary N) is 1. The van der Waals surface area contributed by atoms with E-state index in [0.29, 0.717) is 5.92 Å². The molecule has 0 aromatic carbocycles. The molecule has 1 N–H and O–H groups in total. The summed E-state index contributed by atoms with van der Waals surface area (Å²) in [4.78, 5) is 4.04. The summed E-state index contributed by atoms with van der Waals surface area (Å²) in [6, 6.07) is 4.05. The average Bonchev–Trinajstić information content (AvgIpc) is 2.05. The van der Waals surface area contributed by atoms with Crippen molar-refractivity contribution in [1.29, 1.82) is 0 Å². The van der Waals surface area contributed by atoms with Gasteiger partial charge in [-0.15, -0.1) is 0 Å². The zero-order valence-electron chi connectivity index (χ0n) is 7.75. The fourth-order valence-corrected chi connectivity index (χ4v) is 1.01. The maximum absolute atomic E-state index is 4.04. The molecule has 0 aliphatic carbocycles. The van der Waals surface area contributed by atoms with Crippen molar-refractivity contribution < 1.29 is 0 Å². The third-order valence-corrected chi connectivity index (χ3v) is 1.60. The highest BCUT2D eigenvalue weighted by Gasteiger charge is 1.93. The van der Waals surface area contributed by atoms with Gasteiger partial charge in [-0.25, -0.2) is 0 Å². The monoisotopic (exact) mass is 164 g/mol. The van der Waals surface area contributed by atoms with Crippen molar-refractivity contribution in [3.8, 4) is 0 Å². The molecule has 1 aromatic heterocycles. The van der Waals surface area contributed by atoms with Crippen LogP contribution in [0, 0.1) is 5.92 Å². The van der Waals surface area contributed by atoms with Crippen LogP contribution >= 0.6 is 0 Å². The Morgan fingerprint density at radius 1 is 1.50 bits per heavy atom. The Bertz CT molecular complexity index is 206. The van der Waals surface area contributed by atoms with Gasteiger partial charge in [0.05, 0.1) is 0 Å². The summed E-state index contributed by atoms with van der Waals surface area (Å²) in [6.45, 7) is 6.40. The highest BCUT2D eigenvalue weighted by Crippen LogP contribution is 1.95. The van der Waals surface area contributed by atoms with Gasteiger partial charge in [0, 0.05) is 18.9 Å². The minimum Gasteiger partial charge on any atom is -0.312 e. The van der Waals surface area contributed by atoms with Crippen LogP contribution in [0.2, 0.25) is 0 Å². The molecule has 2 heteroatoms. The predicted molar refractivity (Wildman–Crippen MR) is 50.8 cm³/mol. The Labute approximate surface area is 74.0 Å². The maximum atomic E-state index is 4.04. The van der Waals surface area contributed by atoms with Gasteiger partial charge in [0.2, 0.25) is 0 Å². The van der Waals surface area contributed by atoms with Crippen LogP contribution in [0.3, 0.4) is 0 Å². The van der Waals surface area contributed by atoms with E-state index in [2.05, 4.69) is 30.2 Å². The van der Waals surface area contributed by atoms with Crippen LogP contribution in [0.5, 0.6) is 0 Å². The van der Waals surface area contributed by atoms with Crippen LogP contribution in [0.4, 0.5) is 0 Å². The van der Waals surface area contributed by atoms with E-state index >= 15 is 0 Å². The van der Waals surface area contributed by atoms with Gasteiger partial charge in [0.15, 0.2) is 0 Å². The summed E-state index contributed by atoms with van der Waals surface area (Å²) in [7, 11) is 0. The number of nitrogens with zero attached hydrogens (tertiary/aromatic N) is 1. The van der Waals surface area contributed by atoms with Gasteiger partial charge in [0.25, 0.3) is 0 Å². The van der Waals surface area contributed by atoms with E-state index in [1.165, 1.54) is 5.56 Å². The van der Waals surface area contributed by atoms with Crippen molar-refractivity contribution in [3.05, 3.63) is 30.1 Å². The van der Waals surface area contributed by atoms with Crippen molar-refractivity contribution in [2.75, 3.05) is 6.54 Å². The highest BCUT2D eigenvalue weighted by molar-refractivity contribution is 5.07. The fraction of sp³-hybridized carbons (Fsp3) is 0.500. The predicted octanol–water partition coefficient (Wildman–Crippen LogP) is 1.83. The van der Waals surface area contributed by atoms with Crippen LogP contribution in [-0.2, 0) is 6.54 Å². The van der Waals surface area contributed by atoms with Crippen LogP contribution < -0.4 is 5.32 Å². The Morgan fingerprint density at radius 2 is 2.33 bits per heavy atom. The van der Waals surface area contributed by atoms with E-state index in [4.69, 9.17) is 0 Å². The van der Waals surface area contributed by atoms with Crippen molar-refractivity contribution in [3.63, 3.8) is 0 Å². The summed E-state index contributed by atoms with van der Waals surface area (Å²) >= 11 is 0. The van der Waals surface area contributed by atoms with Crippen LogP contribution in [0.15, 0.2) is 24.5 Å². The Balaban J connectivity index is 2.25. The molecule has 0 spiro atoms. The van der Waals surface area contributed by atoms with E-state index in [-0.39, 0.29) is 0 Å². The van der Waals surface area contributed by atoms with Crippen molar-refractivity contribution in [2.45, 2.75) is 20.4 Å². The van der Waals surface area contributed by atoms with Crippen molar-refractivity contribution in [2.24, 2.45) is 5.92 Å². The van der Waals surface area contributed by atoms with Crippen LogP contribution in [0.25, 0.3) is 0 Å². The minimum absolute atomic E-state index is 0.710. The topological polar surface area (TPSA) is 24.9 Å². The first-order chi connectivity index (χ1) is 5.79. The van der Waals surface area contributed by atoms with E-state index < -0.39 is 0 Å². The number of hydrogen-bond donors (Lipinski definition) is 1. The molecule has 0 aliphatic heterocycles. The van der Waals surface area contributed by atoms with Gasteiger partial charge >= 0.3 is 0 Å².